The summed E-state index contributed by atoms with van der Waals surface area (Å²) >= 11 is 0. The highest BCUT2D eigenvalue weighted by molar-refractivity contribution is 5.98. The van der Waals surface area contributed by atoms with Crippen molar-refractivity contribution in [3.63, 3.8) is 0 Å². The number of ether oxygens (including phenoxy) is 1. The number of carbonyl (C=O) groups excluding carboxylic acids is 3. The van der Waals surface area contributed by atoms with E-state index in [1.54, 1.807) is 0 Å². The molecule has 3 aliphatic rings. The Morgan fingerprint density at radius 1 is 1.18 bits per heavy atom. The molecule has 5 atom stereocenters. The van der Waals surface area contributed by atoms with Crippen molar-refractivity contribution in [2.75, 3.05) is 26.2 Å². The van der Waals surface area contributed by atoms with Gasteiger partial charge in [0, 0.05) is 19.6 Å². The Balaban J connectivity index is 1.83. The summed E-state index contributed by atoms with van der Waals surface area (Å²) in [7, 11) is 0. The zero-order valence-electron chi connectivity index (χ0n) is 16.9. The number of unbranched alkanes of at least 4 members (excludes halogenated alkanes) is 2. The predicted octanol–water partition coefficient (Wildman–Crippen LogP) is 0.186. The van der Waals surface area contributed by atoms with Crippen LogP contribution in [0.1, 0.15) is 52.4 Å². The Hall–Kier alpha value is -1.67. The van der Waals surface area contributed by atoms with Gasteiger partial charge >= 0.3 is 0 Å². The Labute approximate surface area is 166 Å². The summed E-state index contributed by atoms with van der Waals surface area (Å²) in [5.41, 5.74) is -0.958. The molecule has 3 aliphatic heterocycles. The van der Waals surface area contributed by atoms with Crippen LogP contribution < -0.4 is 10.6 Å². The Morgan fingerprint density at radius 2 is 1.93 bits per heavy atom. The van der Waals surface area contributed by atoms with Gasteiger partial charge in [-0.25, -0.2) is 0 Å². The van der Waals surface area contributed by atoms with Crippen molar-refractivity contribution < 1.29 is 24.2 Å². The lowest BCUT2D eigenvalue weighted by Crippen LogP contribution is -2.55. The van der Waals surface area contributed by atoms with Gasteiger partial charge in [-0.1, -0.05) is 26.7 Å². The third kappa shape index (κ3) is 3.41. The van der Waals surface area contributed by atoms with Crippen molar-refractivity contribution in [3.05, 3.63) is 0 Å². The fourth-order valence-corrected chi connectivity index (χ4v) is 5.15. The third-order valence-corrected chi connectivity index (χ3v) is 6.32. The van der Waals surface area contributed by atoms with E-state index >= 15 is 0 Å². The first-order chi connectivity index (χ1) is 13.5. The minimum Gasteiger partial charge on any atom is -0.395 e. The highest BCUT2D eigenvalue weighted by atomic mass is 16.5. The van der Waals surface area contributed by atoms with Crippen molar-refractivity contribution in [2.24, 2.45) is 11.8 Å². The fraction of sp³-hybridized carbons (Fsp3) is 0.850. The zero-order valence-corrected chi connectivity index (χ0v) is 16.9. The van der Waals surface area contributed by atoms with E-state index in [0.29, 0.717) is 25.9 Å². The number of aliphatic hydroxyl groups excluding tert-OH is 1. The lowest BCUT2D eigenvalue weighted by atomic mass is 9.70. The number of amides is 3. The minimum atomic E-state index is -0.958. The average molecular weight is 396 g/mol. The monoisotopic (exact) mass is 395 g/mol. The number of nitrogens with one attached hydrogen (secondary N) is 2. The molecule has 158 valence electrons. The summed E-state index contributed by atoms with van der Waals surface area (Å²) in [6, 6.07) is -0.784. The van der Waals surface area contributed by atoms with Crippen molar-refractivity contribution >= 4 is 17.7 Å². The molecule has 3 amide bonds. The van der Waals surface area contributed by atoms with Crippen LogP contribution in [-0.4, -0.2) is 71.7 Å². The SMILES string of the molecule is CCCCCNC(=O)C1N(CCO)C(=O)[C@@H]2[C@H](C(=O)NCCC)[C@@H]3CCC12O3. The van der Waals surface area contributed by atoms with E-state index < -0.39 is 23.5 Å². The van der Waals surface area contributed by atoms with Gasteiger partial charge in [0.15, 0.2) is 0 Å². The molecule has 3 heterocycles. The van der Waals surface area contributed by atoms with Gasteiger partial charge in [-0.2, -0.15) is 0 Å². The maximum absolute atomic E-state index is 13.2. The number of fused-ring (bicyclic) bond motifs is 1. The summed E-state index contributed by atoms with van der Waals surface area (Å²) in [5.74, 6) is -1.87. The van der Waals surface area contributed by atoms with E-state index in [1.807, 2.05) is 6.92 Å². The molecule has 8 nitrogen and oxygen atoms in total. The molecule has 3 fully saturated rings. The van der Waals surface area contributed by atoms with Gasteiger partial charge in [0.05, 0.1) is 24.5 Å². The quantitative estimate of drug-likeness (QED) is 0.458. The van der Waals surface area contributed by atoms with Crippen molar-refractivity contribution in [2.45, 2.75) is 70.1 Å². The normalized spacial score (nSPS) is 33.2. The number of β-amino-alcohol motifs (C(OH)–C–C–N with tert-alkyl or cyclic N) is 1. The largest absolute Gasteiger partial charge is 0.395 e. The number of nitrogens with zero attached hydrogens (tertiary/aromatic N) is 1. The van der Waals surface area contributed by atoms with E-state index in [9.17, 15) is 19.5 Å². The van der Waals surface area contributed by atoms with Crippen LogP contribution in [0.5, 0.6) is 0 Å². The molecule has 3 saturated heterocycles. The molecule has 1 spiro atoms. The lowest BCUT2D eigenvalue weighted by molar-refractivity contribution is -0.142. The average Bonchev–Trinajstić information content (AvgIpc) is 3.31. The summed E-state index contributed by atoms with van der Waals surface area (Å²) in [4.78, 5) is 40.4. The van der Waals surface area contributed by atoms with Crippen LogP contribution in [0, 0.1) is 11.8 Å². The molecule has 2 unspecified atom stereocenters. The molecule has 28 heavy (non-hydrogen) atoms. The summed E-state index contributed by atoms with van der Waals surface area (Å²) in [6.07, 6.45) is 4.70. The van der Waals surface area contributed by atoms with Gasteiger partial charge in [0.25, 0.3) is 0 Å². The van der Waals surface area contributed by atoms with Crippen molar-refractivity contribution in [1.29, 1.82) is 0 Å². The maximum Gasteiger partial charge on any atom is 0.245 e. The van der Waals surface area contributed by atoms with Gasteiger partial charge in [-0.3, -0.25) is 14.4 Å². The number of carbonyl (C=O) groups is 3. The molecule has 0 aromatic heterocycles. The maximum atomic E-state index is 13.2. The third-order valence-electron chi connectivity index (χ3n) is 6.32. The Bertz CT molecular complexity index is 613. The topological polar surface area (TPSA) is 108 Å². The minimum absolute atomic E-state index is 0.0709. The molecular formula is C20H33N3O5. The van der Waals surface area contributed by atoms with Gasteiger partial charge in [-0.15, -0.1) is 0 Å². The Morgan fingerprint density at radius 3 is 2.61 bits per heavy atom. The first kappa shape index (κ1) is 21.0. The number of hydrogen-bond donors (Lipinski definition) is 3. The first-order valence-corrected chi connectivity index (χ1v) is 10.7. The van der Waals surface area contributed by atoms with Crippen LogP contribution >= 0.6 is 0 Å². The zero-order chi connectivity index (χ0) is 20.3. The van der Waals surface area contributed by atoms with E-state index in [-0.39, 0.29) is 37.0 Å². The second-order valence-corrected chi connectivity index (χ2v) is 8.10. The lowest BCUT2D eigenvalue weighted by Gasteiger charge is -2.33. The van der Waals surface area contributed by atoms with E-state index in [0.717, 1.165) is 25.7 Å². The van der Waals surface area contributed by atoms with Crippen LogP contribution in [0.25, 0.3) is 0 Å². The van der Waals surface area contributed by atoms with Gasteiger partial charge in [-0.05, 0) is 25.7 Å². The van der Waals surface area contributed by atoms with Crippen LogP contribution in [0.3, 0.4) is 0 Å². The standard InChI is InChI=1S/C20H33N3O5/c1-3-5-6-10-22-18(26)16-20-8-7-13(28-20)14(17(25)21-9-4-2)15(20)19(27)23(16)11-12-24/h13-16,24H,3-12H2,1-2H3,(H,21,25)(H,22,26)/t13-,14+,15-,16?,20?/m0/s1. The second-order valence-electron chi connectivity index (χ2n) is 8.10. The summed E-state index contributed by atoms with van der Waals surface area (Å²) < 4.78 is 6.24. The van der Waals surface area contributed by atoms with Gasteiger partial charge in [0.2, 0.25) is 17.7 Å². The van der Waals surface area contributed by atoms with E-state index in [4.69, 9.17) is 4.74 Å². The molecule has 0 aliphatic carbocycles. The van der Waals surface area contributed by atoms with Gasteiger partial charge in [0.1, 0.15) is 11.6 Å². The van der Waals surface area contributed by atoms with Crippen molar-refractivity contribution in [1.82, 2.24) is 15.5 Å². The molecule has 0 saturated carbocycles. The first-order valence-electron chi connectivity index (χ1n) is 10.7. The molecule has 3 N–H and O–H groups in total. The van der Waals surface area contributed by atoms with Crippen LogP contribution in [0.4, 0.5) is 0 Å². The molecular weight excluding hydrogens is 362 g/mol. The number of rotatable bonds is 10. The van der Waals surface area contributed by atoms with E-state index in [1.165, 1.54) is 4.90 Å². The second kappa shape index (κ2) is 8.78. The summed E-state index contributed by atoms with van der Waals surface area (Å²) in [5, 5.41) is 15.3. The molecule has 0 aromatic rings. The molecule has 0 radical (unpaired) electrons. The molecule has 3 rings (SSSR count). The number of aliphatic hydroxyl groups is 1. The predicted molar refractivity (Wildman–Crippen MR) is 102 cm³/mol. The fourth-order valence-electron chi connectivity index (χ4n) is 5.15. The molecule has 2 bridgehead atoms. The van der Waals surface area contributed by atoms with Gasteiger partial charge < -0.3 is 25.4 Å². The van der Waals surface area contributed by atoms with Crippen LogP contribution in [0.2, 0.25) is 0 Å². The molecule has 0 aromatic carbocycles. The van der Waals surface area contributed by atoms with Crippen LogP contribution in [-0.2, 0) is 19.1 Å². The summed E-state index contributed by atoms with van der Waals surface area (Å²) in [6.45, 7) is 5.01. The van der Waals surface area contributed by atoms with Crippen LogP contribution in [0.15, 0.2) is 0 Å². The number of likely N-dealkylation sites (tertiary alicyclic amines) is 1. The van der Waals surface area contributed by atoms with E-state index in [2.05, 4.69) is 17.6 Å². The highest BCUT2D eigenvalue weighted by Crippen LogP contribution is 2.58. The molecule has 8 heteroatoms. The smallest absolute Gasteiger partial charge is 0.245 e. The number of hydrogen-bond acceptors (Lipinski definition) is 5. The highest BCUT2D eigenvalue weighted by Gasteiger charge is 2.74. The van der Waals surface area contributed by atoms with Crippen molar-refractivity contribution in [3.8, 4) is 0 Å². The Kier molecular flexibility index (Phi) is 6.60.